The van der Waals surface area contributed by atoms with Gasteiger partial charge in [-0.05, 0) is 31.1 Å². The van der Waals surface area contributed by atoms with Gasteiger partial charge in [0, 0.05) is 24.8 Å². The van der Waals surface area contributed by atoms with E-state index in [4.69, 9.17) is 0 Å². The molecule has 0 saturated carbocycles. The van der Waals surface area contributed by atoms with Gasteiger partial charge in [0.25, 0.3) is 5.69 Å². The van der Waals surface area contributed by atoms with Crippen LogP contribution in [0, 0.1) is 10.1 Å². The molecule has 0 heterocycles. The van der Waals surface area contributed by atoms with Gasteiger partial charge in [-0.1, -0.05) is 19.1 Å². The average Bonchev–Trinajstić information content (AvgIpc) is 2.45. The van der Waals surface area contributed by atoms with Crippen LogP contribution in [0.25, 0.3) is 6.08 Å². The Balaban J connectivity index is 2.41. The number of rotatable bonds is 8. The third-order valence-corrected chi connectivity index (χ3v) is 2.59. The Labute approximate surface area is 118 Å². The fraction of sp³-hybridized carbons (Fsp3) is 0.357. The second kappa shape index (κ2) is 8.82. The molecule has 1 amide bonds. The predicted octanol–water partition coefficient (Wildman–Crippen LogP) is 1.72. The number of hydrogen-bond acceptors (Lipinski definition) is 4. The molecule has 0 bridgehead atoms. The molecule has 0 saturated heterocycles. The summed E-state index contributed by atoms with van der Waals surface area (Å²) in [7, 11) is 0. The highest BCUT2D eigenvalue weighted by Gasteiger charge is 2.03. The van der Waals surface area contributed by atoms with E-state index in [9.17, 15) is 14.9 Å². The van der Waals surface area contributed by atoms with Gasteiger partial charge in [0.15, 0.2) is 0 Å². The molecular weight excluding hydrogens is 258 g/mol. The number of nitrogens with zero attached hydrogens (tertiary/aromatic N) is 1. The highest BCUT2D eigenvalue weighted by Crippen LogP contribution is 2.13. The van der Waals surface area contributed by atoms with Crippen LogP contribution in [-0.2, 0) is 4.79 Å². The zero-order valence-electron chi connectivity index (χ0n) is 11.5. The summed E-state index contributed by atoms with van der Waals surface area (Å²) >= 11 is 0. The summed E-state index contributed by atoms with van der Waals surface area (Å²) in [5.74, 6) is -0.201. The molecule has 0 aliphatic carbocycles. The number of nitro benzene ring substituents is 1. The van der Waals surface area contributed by atoms with E-state index in [-0.39, 0.29) is 11.6 Å². The number of carbonyl (C=O) groups is 1. The van der Waals surface area contributed by atoms with Crippen LogP contribution in [0.5, 0.6) is 0 Å². The minimum absolute atomic E-state index is 0.0122. The first-order valence-corrected chi connectivity index (χ1v) is 6.54. The summed E-state index contributed by atoms with van der Waals surface area (Å²) in [6.45, 7) is 4.41. The van der Waals surface area contributed by atoms with Gasteiger partial charge in [-0.25, -0.2) is 0 Å². The fourth-order valence-corrected chi connectivity index (χ4v) is 1.57. The first-order valence-electron chi connectivity index (χ1n) is 6.54. The van der Waals surface area contributed by atoms with Crippen LogP contribution in [-0.4, -0.2) is 30.5 Å². The molecule has 20 heavy (non-hydrogen) atoms. The summed E-state index contributed by atoms with van der Waals surface area (Å²) in [4.78, 5) is 21.7. The predicted molar refractivity (Wildman–Crippen MR) is 78.3 cm³/mol. The van der Waals surface area contributed by atoms with E-state index in [1.54, 1.807) is 18.2 Å². The zero-order chi connectivity index (χ0) is 14.8. The molecule has 2 N–H and O–H groups in total. The van der Waals surface area contributed by atoms with Crippen LogP contribution < -0.4 is 10.6 Å². The summed E-state index contributed by atoms with van der Waals surface area (Å²) in [5, 5.41) is 16.5. The van der Waals surface area contributed by atoms with Crippen molar-refractivity contribution in [3.63, 3.8) is 0 Å². The molecule has 1 aromatic rings. The summed E-state index contributed by atoms with van der Waals surface area (Å²) in [5.41, 5.74) is 0.639. The number of carbonyl (C=O) groups excluding carboxylic acids is 1. The normalized spacial score (nSPS) is 10.7. The summed E-state index contributed by atoms with van der Waals surface area (Å²) < 4.78 is 0. The van der Waals surface area contributed by atoms with Gasteiger partial charge in [-0.3, -0.25) is 14.9 Å². The molecule has 6 heteroatoms. The first-order chi connectivity index (χ1) is 9.63. The minimum atomic E-state index is -0.460. The topological polar surface area (TPSA) is 84.3 Å². The van der Waals surface area contributed by atoms with Crippen molar-refractivity contribution in [3.8, 4) is 0 Å². The van der Waals surface area contributed by atoms with Crippen LogP contribution in [0.1, 0.15) is 18.9 Å². The summed E-state index contributed by atoms with van der Waals surface area (Å²) in [6, 6.07) is 6.14. The summed E-state index contributed by atoms with van der Waals surface area (Å²) in [6.07, 6.45) is 3.81. The average molecular weight is 277 g/mol. The molecule has 0 aromatic heterocycles. The largest absolute Gasteiger partial charge is 0.353 e. The second-order valence-corrected chi connectivity index (χ2v) is 4.18. The Morgan fingerprint density at radius 1 is 1.40 bits per heavy atom. The first kappa shape index (κ1) is 15.8. The van der Waals surface area contributed by atoms with Crippen LogP contribution in [0.4, 0.5) is 5.69 Å². The lowest BCUT2D eigenvalue weighted by Gasteiger charge is -2.02. The molecule has 0 unspecified atom stereocenters. The van der Waals surface area contributed by atoms with E-state index < -0.39 is 4.92 Å². The third-order valence-electron chi connectivity index (χ3n) is 2.59. The zero-order valence-corrected chi connectivity index (χ0v) is 11.5. The van der Waals surface area contributed by atoms with Crippen molar-refractivity contribution in [3.05, 3.63) is 46.0 Å². The van der Waals surface area contributed by atoms with Gasteiger partial charge in [-0.2, -0.15) is 0 Å². The van der Waals surface area contributed by atoms with Crippen LogP contribution in [0.15, 0.2) is 30.3 Å². The Bertz CT molecular complexity index is 486. The van der Waals surface area contributed by atoms with E-state index >= 15 is 0 Å². The lowest BCUT2D eigenvalue weighted by molar-refractivity contribution is -0.384. The van der Waals surface area contributed by atoms with E-state index in [2.05, 4.69) is 10.6 Å². The number of nitro groups is 1. The van der Waals surface area contributed by atoms with Crippen molar-refractivity contribution in [1.82, 2.24) is 10.6 Å². The monoisotopic (exact) mass is 277 g/mol. The molecule has 0 aliphatic heterocycles. The van der Waals surface area contributed by atoms with Gasteiger partial charge >= 0.3 is 0 Å². The maximum atomic E-state index is 11.5. The molecule has 1 aromatic carbocycles. The fourth-order valence-electron chi connectivity index (χ4n) is 1.57. The Hall–Kier alpha value is -2.21. The standard InChI is InChI=1S/C14H19N3O3/c1-2-15-9-4-10-16-14(18)8-7-12-5-3-6-13(11-12)17(19)20/h3,5-8,11,15H,2,4,9-10H2,1H3,(H,16,18)/b8-7+. The van der Waals surface area contributed by atoms with Gasteiger partial charge in [0.05, 0.1) is 4.92 Å². The lowest BCUT2D eigenvalue weighted by Crippen LogP contribution is -2.25. The van der Waals surface area contributed by atoms with Crippen molar-refractivity contribution in [2.45, 2.75) is 13.3 Å². The smallest absolute Gasteiger partial charge is 0.270 e. The molecule has 0 aliphatic rings. The SMILES string of the molecule is CCNCCCNC(=O)/C=C/c1cccc([N+](=O)[O-])c1. The Morgan fingerprint density at radius 2 is 2.20 bits per heavy atom. The van der Waals surface area contributed by atoms with Gasteiger partial charge in [0.2, 0.25) is 5.91 Å². The van der Waals surface area contributed by atoms with Gasteiger partial charge in [0.1, 0.15) is 0 Å². The molecule has 0 fully saturated rings. The maximum Gasteiger partial charge on any atom is 0.270 e. The molecule has 6 nitrogen and oxygen atoms in total. The van der Waals surface area contributed by atoms with E-state index in [0.717, 1.165) is 19.5 Å². The highest BCUT2D eigenvalue weighted by atomic mass is 16.6. The number of hydrogen-bond donors (Lipinski definition) is 2. The number of benzene rings is 1. The van der Waals surface area contributed by atoms with E-state index in [0.29, 0.717) is 12.1 Å². The Kier molecular flexibility index (Phi) is 6.99. The highest BCUT2D eigenvalue weighted by molar-refractivity contribution is 5.91. The number of amides is 1. The Morgan fingerprint density at radius 3 is 2.90 bits per heavy atom. The minimum Gasteiger partial charge on any atom is -0.353 e. The maximum absolute atomic E-state index is 11.5. The van der Waals surface area contributed by atoms with E-state index in [1.165, 1.54) is 18.2 Å². The number of nitrogens with one attached hydrogen (secondary N) is 2. The molecular formula is C14H19N3O3. The molecule has 0 spiro atoms. The molecule has 1 rings (SSSR count). The van der Waals surface area contributed by atoms with Gasteiger partial charge < -0.3 is 10.6 Å². The molecule has 0 radical (unpaired) electrons. The van der Waals surface area contributed by atoms with Crippen molar-refractivity contribution in [1.29, 1.82) is 0 Å². The van der Waals surface area contributed by atoms with Crippen molar-refractivity contribution in [2.75, 3.05) is 19.6 Å². The van der Waals surface area contributed by atoms with Gasteiger partial charge in [-0.15, -0.1) is 0 Å². The van der Waals surface area contributed by atoms with E-state index in [1.807, 2.05) is 6.92 Å². The quantitative estimate of drug-likeness (QED) is 0.328. The number of non-ortho nitro benzene ring substituents is 1. The lowest BCUT2D eigenvalue weighted by atomic mass is 10.2. The van der Waals surface area contributed by atoms with Crippen LogP contribution in [0.2, 0.25) is 0 Å². The van der Waals surface area contributed by atoms with Crippen molar-refractivity contribution in [2.24, 2.45) is 0 Å². The van der Waals surface area contributed by atoms with Crippen molar-refractivity contribution < 1.29 is 9.72 Å². The molecule has 0 atom stereocenters. The van der Waals surface area contributed by atoms with Crippen LogP contribution in [0.3, 0.4) is 0 Å². The molecule has 108 valence electrons. The van der Waals surface area contributed by atoms with Crippen LogP contribution >= 0.6 is 0 Å². The second-order valence-electron chi connectivity index (χ2n) is 4.18. The van der Waals surface area contributed by atoms with Crippen molar-refractivity contribution >= 4 is 17.7 Å². The third kappa shape index (κ3) is 6.10.